The van der Waals surface area contributed by atoms with Gasteiger partial charge in [-0.1, -0.05) is 29.5 Å². The lowest BCUT2D eigenvalue weighted by Crippen LogP contribution is -2.03. The Morgan fingerprint density at radius 1 is 1.10 bits per heavy atom. The predicted molar refractivity (Wildman–Crippen MR) is 76.7 cm³/mol. The van der Waals surface area contributed by atoms with Crippen LogP contribution in [0.2, 0.25) is 0 Å². The van der Waals surface area contributed by atoms with E-state index in [0.717, 1.165) is 29.6 Å². The first-order valence-electron chi connectivity index (χ1n) is 6.22. The molecule has 0 aliphatic heterocycles. The summed E-state index contributed by atoms with van der Waals surface area (Å²) >= 11 is -1.92. The Bertz CT molecular complexity index is 752. The first-order valence-corrected chi connectivity index (χ1v) is 7.33. The molecule has 0 saturated carbocycles. The van der Waals surface area contributed by atoms with Crippen molar-refractivity contribution in [3.05, 3.63) is 54.1 Å². The lowest BCUT2D eigenvalue weighted by Gasteiger charge is -2.03. The minimum absolute atomic E-state index is 0.417. The molecular formula is C14H13N3O2S. The first kappa shape index (κ1) is 13.0. The van der Waals surface area contributed by atoms with E-state index in [4.69, 9.17) is 4.55 Å². The monoisotopic (exact) mass is 287 g/mol. The van der Waals surface area contributed by atoms with Crippen LogP contribution in [0.1, 0.15) is 5.56 Å². The molecule has 0 aliphatic rings. The van der Waals surface area contributed by atoms with Crippen LogP contribution in [0, 0.1) is 0 Å². The molecule has 1 heterocycles. The number of fused-ring (bicyclic) bond motifs is 1. The van der Waals surface area contributed by atoms with Crippen LogP contribution in [0.15, 0.2) is 53.4 Å². The molecule has 3 rings (SSSR count). The average molecular weight is 287 g/mol. The van der Waals surface area contributed by atoms with Gasteiger partial charge in [-0.3, -0.25) is 0 Å². The number of benzene rings is 2. The zero-order chi connectivity index (χ0) is 13.9. The van der Waals surface area contributed by atoms with Crippen LogP contribution in [0.5, 0.6) is 0 Å². The number of nitrogens with zero attached hydrogens (tertiary/aromatic N) is 3. The third kappa shape index (κ3) is 2.61. The van der Waals surface area contributed by atoms with Crippen molar-refractivity contribution in [2.75, 3.05) is 0 Å². The molecule has 1 unspecified atom stereocenters. The smallest absolute Gasteiger partial charge is 0.186 e. The summed E-state index contributed by atoms with van der Waals surface area (Å²) in [6.07, 6.45) is 0.797. The van der Waals surface area contributed by atoms with Gasteiger partial charge in [-0.15, -0.1) is 5.10 Å². The molecule has 0 amide bonds. The molecule has 3 aromatic rings. The van der Waals surface area contributed by atoms with E-state index in [-0.39, 0.29) is 0 Å². The molecule has 0 radical (unpaired) electrons. The first-order chi connectivity index (χ1) is 9.74. The predicted octanol–water partition coefficient (Wildman–Crippen LogP) is 2.25. The number of hydrogen-bond donors (Lipinski definition) is 1. The van der Waals surface area contributed by atoms with Crippen molar-refractivity contribution in [2.24, 2.45) is 0 Å². The molecule has 1 N–H and O–H groups in total. The van der Waals surface area contributed by atoms with Crippen molar-refractivity contribution in [1.29, 1.82) is 0 Å². The van der Waals surface area contributed by atoms with E-state index in [0.29, 0.717) is 4.90 Å². The Kier molecular flexibility index (Phi) is 3.58. The van der Waals surface area contributed by atoms with Gasteiger partial charge in [0.1, 0.15) is 5.52 Å². The summed E-state index contributed by atoms with van der Waals surface area (Å²) in [6, 6.07) is 14.9. The molecule has 2 aromatic carbocycles. The van der Waals surface area contributed by atoms with Crippen LogP contribution < -0.4 is 0 Å². The van der Waals surface area contributed by atoms with Crippen molar-refractivity contribution in [1.82, 2.24) is 15.0 Å². The summed E-state index contributed by atoms with van der Waals surface area (Å²) < 4.78 is 21.7. The Morgan fingerprint density at radius 3 is 2.60 bits per heavy atom. The normalized spacial score (nSPS) is 12.7. The number of hydrogen-bond acceptors (Lipinski definition) is 3. The standard InChI is InChI=1S/C14H13N3O2S/c18-20(19)12-7-5-11(6-8-12)9-10-17-14-4-2-1-3-13(14)15-16-17/h1-8H,9-10H2,(H,18,19). The fraction of sp³-hybridized carbons (Fsp3) is 0.143. The van der Waals surface area contributed by atoms with Crippen LogP contribution in [-0.4, -0.2) is 23.8 Å². The van der Waals surface area contributed by atoms with Gasteiger partial charge in [0.05, 0.1) is 10.4 Å². The summed E-state index contributed by atoms with van der Waals surface area (Å²) in [5.41, 5.74) is 3.00. The number of aryl methyl sites for hydroxylation is 2. The molecule has 1 aromatic heterocycles. The number of aromatic nitrogens is 3. The van der Waals surface area contributed by atoms with E-state index in [1.54, 1.807) is 12.1 Å². The second-order valence-corrected chi connectivity index (χ2v) is 5.41. The van der Waals surface area contributed by atoms with Gasteiger partial charge in [0, 0.05) is 6.54 Å². The second kappa shape index (κ2) is 5.52. The van der Waals surface area contributed by atoms with Crippen molar-refractivity contribution in [3.8, 4) is 0 Å². The van der Waals surface area contributed by atoms with Crippen molar-refractivity contribution < 1.29 is 8.76 Å². The van der Waals surface area contributed by atoms with E-state index in [2.05, 4.69) is 10.3 Å². The topological polar surface area (TPSA) is 68.0 Å². The van der Waals surface area contributed by atoms with Crippen LogP contribution in [0.3, 0.4) is 0 Å². The summed E-state index contributed by atoms with van der Waals surface area (Å²) in [5, 5.41) is 8.24. The van der Waals surface area contributed by atoms with Gasteiger partial charge in [0.25, 0.3) is 0 Å². The third-order valence-electron chi connectivity index (χ3n) is 3.16. The quantitative estimate of drug-likeness (QED) is 0.747. The molecular weight excluding hydrogens is 274 g/mol. The van der Waals surface area contributed by atoms with Gasteiger partial charge in [-0.25, -0.2) is 8.89 Å². The van der Waals surface area contributed by atoms with Crippen LogP contribution >= 0.6 is 0 Å². The third-order valence-corrected chi connectivity index (χ3v) is 3.83. The Labute approximate surface area is 118 Å². The van der Waals surface area contributed by atoms with Gasteiger partial charge < -0.3 is 4.55 Å². The number of para-hydroxylation sites is 1. The van der Waals surface area contributed by atoms with Crippen molar-refractivity contribution in [3.63, 3.8) is 0 Å². The summed E-state index contributed by atoms with van der Waals surface area (Å²) in [6.45, 7) is 0.724. The molecule has 1 atom stereocenters. The molecule has 20 heavy (non-hydrogen) atoms. The van der Waals surface area contributed by atoms with E-state index >= 15 is 0 Å². The number of rotatable bonds is 4. The fourth-order valence-corrected chi connectivity index (χ4v) is 2.46. The lowest BCUT2D eigenvalue weighted by molar-refractivity contribution is 0.564. The van der Waals surface area contributed by atoms with Gasteiger partial charge in [-0.2, -0.15) is 0 Å². The highest BCUT2D eigenvalue weighted by Crippen LogP contribution is 2.12. The van der Waals surface area contributed by atoms with Gasteiger partial charge in [-0.05, 0) is 36.2 Å². The van der Waals surface area contributed by atoms with Gasteiger partial charge in [0.2, 0.25) is 0 Å². The molecule has 0 aliphatic carbocycles. The zero-order valence-corrected chi connectivity index (χ0v) is 11.5. The van der Waals surface area contributed by atoms with E-state index in [1.807, 2.05) is 41.1 Å². The van der Waals surface area contributed by atoms with Crippen molar-refractivity contribution in [2.45, 2.75) is 17.9 Å². The van der Waals surface area contributed by atoms with Crippen LogP contribution in [0.4, 0.5) is 0 Å². The fourth-order valence-electron chi connectivity index (χ4n) is 2.09. The maximum Gasteiger partial charge on any atom is 0.186 e. The summed E-state index contributed by atoms with van der Waals surface area (Å²) in [4.78, 5) is 0.417. The Balaban J connectivity index is 1.74. The molecule has 0 spiro atoms. The zero-order valence-electron chi connectivity index (χ0n) is 10.6. The molecule has 0 fully saturated rings. The molecule has 0 saturated heterocycles. The van der Waals surface area contributed by atoms with Gasteiger partial charge in [0.15, 0.2) is 11.1 Å². The van der Waals surface area contributed by atoms with E-state index in [9.17, 15) is 4.21 Å². The largest absolute Gasteiger partial charge is 0.302 e. The van der Waals surface area contributed by atoms with E-state index < -0.39 is 11.1 Å². The SMILES string of the molecule is O=S(O)c1ccc(CCn2nnc3ccccc32)cc1. The Hall–Kier alpha value is -2.05. The van der Waals surface area contributed by atoms with E-state index in [1.165, 1.54) is 0 Å². The van der Waals surface area contributed by atoms with Crippen LogP contribution in [-0.2, 0) is 24.0 Å². The molecule has 5 nitrogen and oxygen atoms in total. The molecule has 6 heteroatoms. The van der Waals surface area contributed by atoms with Crippen LogP contribution in [0.25, 0.3) is 11.0 Å². The second-order valence-electron chi connectivity index (χ2n) is 4.44. The maximum absolute atomic E-state index is 10.9. The highest BCUT2D eigenvalue weighted by Gasteiger charge is 2.04. The summed E-state index contributed by atoms with van der Waals surface area (Å²) in [7, 11) is 0. The summed E-state index contributed by atoms with van der Waals surface area (Å²) in [5.74, 6) is 0. The lowest BCUT2D eigenvalue weighted by atomic mass is 10.1. The molecule has 0 bridgehead atoms. The Morgan fingerprint density at radius 2 is 1.85 bits per heavy atom. The highest BCUT2D eigenvalue weighted by atomic mass is 32.2. The highest BCUT2D eigenvalue weighted by molar-refractivity contribution is 7.79. The minimum atomic E-state index is -1.92. The molecule has 102 valence electrons. The average Bonchev–Trinajstić information content (AvgIpc) is 2.89. The van der Waals surface area contributed by atoms with Crippen molar-refractivity contribution >= 4 is 22.1 Å². The van der Waals surface area contributed by atoms with Gasteiger partial charge >= 0.3 is 0 Å². The maximum atomic E-state index is 10.9. The minimum Gasteiger partial charge on any atom is -0.302 e.